The van der Waals surface area contributed by atoms with Gasteiger partial charge >= 0.3 is 6.18 Å². The quantitative estimate of drug-likeness (QED) is 0.691. The van der Waals surface area contributed by atoms with Crippen molar-refractivity contribution in [3.63, 3.8) is 0 Å². The van der Waals surface area contributed by atoms with Gasteiger partial charge in [0, 0.05) is 6.20 Å². The van der Waals surface area contributed by atoms with Crippen molar-refractivity contribution in [2.75, 3.05) is 5.75 Å². The molecule has 0 aliphatic carbocycles. The highest BCUT2D eigenvalue weighted by molar-refractivity contribution is 7.99. The van der Waals surface area contributed by atoms with Gasteiger partial charge in [-0.25, -0.2) is 4.98 Å². The van der Waals surface area contributed by atoms with Crippen LogP contribution in [0.5, 0.6) is 0 Å². The van der Waals surface area contributed by atoms with Crippen LogP contribution in [-0.2, 0) is 0 Å². The number of aromatic nitrogens is 1. The summed E-state index contributed by atoms with van der Waals surface area (Å²) in [5.41, 5.74) is 0.775. The van der Waals surface area contributed by atoms with Gasteiger partial charge in [0.15, 0.2) is 0 Å². The van der Waals surface area contributed by atoms with E-state index in [9.17, 15) is 13.2 Å². The Balaban J connectivity index is 2.60. The topological polar surface area (TPSA) is 12.9 Å². The van der Waals surface area contributed by atoms with E-state index in [-0.39, 0.29) is 0 Å². The van der Waals surface area contributed by atoms with Crippen LogP contribution >= 0.6 is 11.8 Å². The summed E-state index contributed by atoms with van der Waals surface area (Å²) in [6.45, 7) is 1.74. The van der Waals surface area contributed by atoms with Gasteiger partial charge in [0.2, 0.25) is 0 Å². The summed E-state index contributed by atoms with van der Waals surface area (Å²) >= 11 is 0.718. The minimum atomic E-state index is -4.13. The molecule has 0 aliphatic rings. The van der Waals surface area contributed by atoms with Gasteiger partial charge in [0.1, 0.15) is 0 Å². The van der Waals surface area contributed by atoms with E-state index in [4.69, 9.17) is 0 Å². The van der Waals surface area contributed by atoms with E-state index in [1.54, 1.807) is 19.1 Å². The molecule has 0 aliphatic heterocycles. The lowest BCUT2D eigenvalue weighted by Crippen LogP contribution is -2.10. The van der Waals surface area contributed by atoms with Crippen LogP contribution in [0.25, 0.3) is 0 Å². The molecule has 13 heavy (non-hydrogen) atoms. The van der Waals surface area contributed by atoms with Gasteiger partial charge in [-0.05, 0) is 18.6 Å². The molecule has 0 radical (unpaired) electrons. The first-order valence-corrected chi connectivity index (χ1v) is 4.59. The van der Waals surface area contributed by atoms with Gasteiger partial charge in [0.25, 0.3) is 0 Å². The number of pyridine rings is 1. The van der Waals surface area contributed by atoms with E-state index in [0.29, 0.717) is 5.03 Å². The Hall–Kier alpha value is -0.710. The van der Waals surface area contributed by atoms with E-state index in [1.165, 1.54) is 6.20 Å². The monoisotopic (exact) mass is 207 g/mol. The van der Waals surface area contributed by atoms with Crippen molar-refractivity contribution in [3.05, 3.63) is 23.9 Å². The molecular weight excluding hydrogens is 199 g/mol. The molecule has 5 heteroatoms. The van der Waals surface area contributed by atoms with Crippen molar-refractivity contribution >= 4 is 11.8 Å². The first-order chi connectivity index (χ1) is 5.99. The largest absolute Gasteiger partial charge is 0.398 e. The molecular formula is C8H8F3NS. The smallest absolute Gasteiger partial charge is 0.250 e. The molecule has 1 heterocycles. The molecule has 0 saturated carbocycles. The average Bonchev–Trinajstić information content (AvgIpc) is 2.01. The summed E-state index contributed by atoms with van der Waals surface area (Å²) in [5, 5.41) is 0.444. The van der Waals surface area contributed by atoms with Crippen molar-refractivity contribution in [2.45, 2.75) is 18.1 Å². The fraction of sp³-hybridized carbons (Fsp3) is 0.375. The predicted molar refractivity (Wildman–Crippen MR) is 45.8 cm³/mol. The molecule has 0 bridgehead atoms. The van der Waals surface area contributed by atoms with Crippen molar-refractivity contribution in [2.24, 2.45) is 0 Å². The van der Waals surface area contributed by atoms with Crippen LogP contribution in [-0.4, -0.2) is 16.9 Å². The third kappa shape index (κ3) is 3.67. The number of hydrogen-bond donors (Lipinski definition) is 0. The Bertz CT molecular complexity index is 285. The molecule has 1 rings (SSSR count). The lowest BCUT2D eigenvalue weighted by molar-refractivity contribution is -0.105. The molecule has 0 aromatic carbocycles. The van der Waals surface area contributed by atoms with E-state index >= 15 is 0 Å². The van der Waals surface area contributed by atoms with Gasteiger partial charge < -0.3 is 0 Å². The van der Waals surface area contributed by atoms with Crippen LogP contribution in [0.3, 0.4) is 0 Å². The summed E-state index contributed by atoms with van der Waals surface area (Å²) in [7, 11) is 0. The molecule has 72 valence electrons. The molecule has 0 fully saturated rings. The van der Waals surface area contributed by atoms with Crippen molar-refractivity contribution in [1.29, 1.82) is 0 Å². The Kier molecular flexibility index (Phi) is 3.19. The highest BCUT2D eigenvalue weighted by atomic mass is 32.2. The minimum Gasteiger partial charge on any atom is -0.250 e. The van der Waals surface area contributed by atoms with Gasteiger partial charge in [0.05, 0.1) is 10.8 Å². The Labute approximate surface area is 78.4 Å². The lowest BCUT2D eigenvalue weighted by atomic mass is 10.3. The van der Waals surface area contributed by atoms with Crippen LogP contribution in [0.4, 0.5) is 13.2 Å². The number of thioether (sulfide) groups is 1. The van der Waals surface area contributed by atoms with Crippen LogP contribution in [0.1, 0.15) is 5.56 Å². The minimum absolute atomic E-state index is 0.444. The molecule has 0 N–H and O–H groups in total. The van der Waals surface area contributed by atoms with Crippen molar-refractivity contribution < 1.29 is 13.2 Å². The summed E-state index contributed by atoms with van der Waals surface area (Å²) in [6, 6.07) is 3.44. The summed E-state index contributed by atoms with van der Waals surface area (Å²) in [4.78, 5) is 3.84. The molecule has 0 unspecified atom stereocenters. The fourth-order valence-corrected chi connectivity index (χ4v) is 1.50. The molecule has 1 aromatic heterocycles. The second kappa shape index (κ2) is 4.00. The van der Waals surface area contributed by atoms with E-state index in [0.717, 1.165) is 17.3 Å². The molecule has 0 atom stereocenters. The summed E-state index contributed by atoms with van der Waals surface area (Å²) < 4.78 is 35.5. The van der Waals surface area contributed by atoms with Crippen molar-refractivity contribution in [1.82, 2.24) is 4.98 Å². The van der Waals surface area contributed by atoms with E-state index in [1.807, 2.05) is 0 Å². The number of aryl methyl sites for hydroxylation is 1. The maximum atomic E-state index is 11.8. The summed E-state index contributed by atoms with van der Waals surface area (Å²) in [6.07, 6.45) is -2.64. The number of nitrogens with zero attached hydrogens (tertiary/aromatic N) is 1. The van der Waals surface area contributed by atoms with Gasteiger partial charge in [-0.1, -0.05) is 17.8 Å². The average molecular weight is 207 g/mol. The maximum Gasteiger partial charge on any atom is 0.398 e. The third-order valence-corrected chi connectivity index (χ3v) is 2.51. The van der Waals surface area contributed by atoms with Crippen LogP contribution in [0, 0.1) is 6.92 Å². The maximum absolute atomic E-state index is 11.8. The molecule has 0 spiro atoms. The predicted octanol–water partition coefficient (Wildman–Crippen LogP) is 3.04. The molecule has 0 saturated heterocycles. The first kappa shape index (κ1) is 10.4. The lowest BCUT2D eigenvalue weighted by Gasteiger charge is -2.06. The van der Waals surface area contributed by atoms with Gasteiger partial charge in [-0.15, -0.1) is 0 Å². The van der Waals surface area contributed by atoms with E-state index in [2.05, 4.69) is 4.98 Å². The third-order valence-electron chi connectivity index (χ3n) is 1.33. The summed E-state index contributed by atoms with van der Waals surface area (Å²) in [5.74, 6) is -0.884. The number of halogens is 3. The zero-order valence-electron chi connectivity index (χ0n) is 6.93. The zero-order chi connectivity index (χ0) is 9.90. The van der Waals surface area contributed by atoms with Gasteiger partial charge in [-0.3, -0.25) is 0 Å². The van der Waals surface area contributed by atoms with Crippen molar-refractivity contribution in [3.8, 4) is 0 Å². The standard InChI is InChI=1S/C8H8F3NS/c1-6-3-2-4-12-7(6)13-5-8(9,10)11/h2-4H,5H2,1H3. The highest BCUT2D eigenvalue weighted by Gasteiger charge is 2.27. The van der Waals surface area contributed by atoms with E-state index < -0.39 is 11.9 Å². The Morgan fingerprint density at radius 1 is 1.46 bits per heavy atom. The number of rotatable bonds is 2. The number of hydrogen-bond acceptors (Lipinski definition) is 2. The molecule has 1 nitrogen and oxygen atoms in total. The second-order valence-corrected chi connectivity index (χ2v) is 3.49. The fourth-order valence-electron chi connectivity index (χ4n) is 0.773. The SMILES string of the molecule is Cc1cccnc1SCC(F)(F)F. The van der Waals surface area contributed by atoms with Gasteiger partial charge in [-0.2, -0.15) is 13.2 Å². The highest BCUT2D eigenvalue weighted by Crippen LogP contribution is 2.27. The first-order valence-electron chi connectivity index (χ1n) is 3.60. The number of alkyl halides is 3. The zero-order valence-corrected chi connectivity index (χ0v) is 7.75. The Morgan fingerprint density at radius 2 is 2.15 bits per heavy atom. The van der Waals surface area contributed by atoms with Crippen LogP contribution < -0.4 is 0 Å². The molecule has 1 aromatic rings. The normalized spacial score (nSPS) is 11.7. The second-order valence-electron chi connectivity index (χ2n) is 2.53. The Morgan fingerprint density at radius 3 is 2.69 bits per heavy atom. The van der Waals surface area contributed by atoms with Crippen LogP contribution in [0.2, 0.25) is 0 Å². The molecule has 0 amide bonds. The van der Waals surface area contributed by atoms with Crippen LogP contribution in [0.15, 0.2) is 23.4 Å².